The van der Waals surface area contributed by atoms with E-state index in [0.717, 1.165) is 77.7 Å². The van der Waals surface area contributed by atoms with E-state index in [2.05, 4.69) is 53.2 Å². The third kappa shape index (κ3) is 5.87. The smallest absolute Gasteiger partial charge is 0.194 e. The molecule has 2 fully saturated rings. The van der Waals surface area contributed by atoms with Crippen LogP contribution in [-0.2, 0) is 22.4 Å². The largest absolute Gasteiger partial charge is 0.375 e. The Bertz CT molecular complexity index is 696. The summed E-state index contributed by atoms with van der Waals surface area (Å²) in [7, 11) is 0. The number of guanidine groups is 1. The van der Waals surface area contributed by atoms with Gasteiger partial charge in [-0.3, -0.25) is 9.89 Å². The second-order valence-electron chi connectivity index (χ2n) is 8.44. The molecule has 30 heavy (non-hydrogen) atoms. The molecule has 168 valence electrons. The van der Waals surface area contributed by atoms with Crippen LogP contribution in [0.2, 0.25) is 0 Å². The van der Waals surface area contributed by atoms with Gasteiger partial charge in [0.25, 0.3) is 0 Å². The molecule has 1 N–H and O–H groups in total. The van der Waals surface area contributed by atoms with E-state index in [1.54, 1.807) is 0 Å². The first kappa shape index (κ1) is 23.8. The monoisotopic (exact) mass is 528 g/mol. The van der Waals surface area contributed by atoms with E-state index >= 15 is 0 Å². The molecule has 3 atom stereocenters. The highest BCUT2D eigenvalue weighted by atomic mass is 127. The minimum Gasteiger partial charge on any atom is -0.375 e. The Kier molecular flexibility index (Phi) is 9.22. The zero-order chi connectivity index (χ0) is 20.1. The van der Waals surface area contributed by atoms with Gasteiger partial charge in [0.15, 0.2) is 5.96 Å². The number of nitrogens with zero attached hydrogens (tertiary/aromatic N) is 3. The minimum absolute atomic E-state index is 0. The van der Waals surface area contributed by atoms with Gasteiger partial charge in [-0.05, 0) is 44.2 Å². The van der Waals surface area contributed by atoms with E-state index in [0.29, 0.717) is 6.04 Å². The highest BCUT2D eigenvalue weighted by molar-refractivity contribution is 14.0. The van der Waals surface area contributed by atoms with Crippen molar-refractivity contribution in [3.63, 3.8) is 0 Å². The highest BCUT2D eigenvalue weighted by Gasteiger charge is 2.32. The molecule has 0 amide bonds. The second kappa shape index (κ2) is 11.6. The van der Waals surface area contributed by atoms with Gasteiger partial charge in [-0.25, -0.2) is 0 Å². The van der Waals surface area contributed by atoms with Crippen molar-refractivity contribution in [1.29, 1.82) is 0 Å². The Morgan fingerprint density at radius 3 is 2.73 bits per heavy atom. The van der Waals surface area contributed by atoms with Crippen molar-refractivity contribution in [2.75, 3.05) is 45.9 Å². The van der Waals surface area contributed by atoms with Gasteiger partial charge in [-0.2, -0.15) is 0 Å². The van der Waals surface area contributed by atoms with Crippen LogP contribution in [0.5, 0.6) is 0 Å². The average molecular weight is 528 g/mol. The standard InChI is InChI=1S/C23H36N4O2.HI/c1-3-24-23(27-12-14-29-22(17-27)21-9-6-13-28-21)25-15-18(2)26-11-10-19-7-4-5-8-20(19)16-26;/h4-5,7-8,18,21-22H,3,6,9-17H2,1-2H3,(H,24,25);1H. The van der Waals surface area contributed by atoms with Crippen LogP contribution >= 0.6 is 24.0 Å². The van der Waals surface area contributed by atoms with Gasteiger partial charge in [-0.1, -0.05) is 24.3 Å². The van der Waals surface area contributed by atoms with E-state index in [4.69, 9.17) is 14.5 Å². The number of nitrogens with one attached hydrogen (secondary N) is 1. The number of halogens is 1. The Balaban J connectivity index is 0.00000256. The summed E-state index contributed by atoms with van der Waals surface area (Å²) < 4.78 is 11.9. The van der Waals surface area contributed by atoms with Crippen LogP contribution < -0.4 is 5.32 Å². The molecule has 1 aromatic rings. The van der Waals surface area contributed by atoms with Crippen molar-refractivity contribution in [3.05, 3.63) is 35.4 Å². The summed E-state index contributed by atoms with van der Waals surface area (Å²) in [5.41, 5.74) is 2.97. The van der Waals surface area contributed by atoms with Gasteiger partial charge in [0.2, 0.25) is 0 Å². The van der Waals surface area contributed by atoms with Crippen LogP contribution in [0.3, 0.4) is 0 Å². The molecule has 3 unspecified atom stereocenters. The molecule has 3 aliphatic heterocycles. The Hall–Kier alpha value is -0.900. The van der Waals surface area contributed by atoms with Gasteiger partial charge in [-0.15, -0.1) is 24.0 Å². The number of morpholine rings is 1. The SMILES string of the molecule is CCNC(=NCC(C)N1CCc2ccccc2C1)N1CCOC(C2CCCO2)C1.I. The number of ether oxygens (including phenoxy) is 2. The van der Waals surface area contributed by atoms with Crippen LogP contribution in [0, 0.1) is 0 Å². The fourth-order valence-electron chi connectivity index (χ4n) is 4.64. The molecule has 0 aliphatic carbocycles. The van der Waals surface area contributed by atoms with E-state index in [9.17, 15) is 0 Å². The first-order valence-electron chi connectivity index (χ1n) is 11.3. The van der Waals surface area contributed by atoms with Crippen molar-refractivity contribution in [2.24, 2.45) is 4.99 Å². The molecule has 3 heterocycles. The summed E-state index contributed by atoms with van der Waals surface area (Å²) in [6.45, 7) is 11.6. The van der Waals surface area contributed by atoms with Crippen LogP contribution in [0.1, 0.15) is 37.8 Å². The molecule has 6 nitrogen and oxygen atoms in total. The normalized spacial score (nSPS) is 26.1. The van der Waals surface area contributed by atoms with Crippen molar-refractivity contribution in [2.45, 2.75) is 57.9 Å². The molecule has 1 aromatic carbocycles. The van der Waals surface area contributed by atoms with Crippen molar-refractivity contribution in [1.82, 2.24) is 15.1 Å². The molecule has 7 heteroatoms. The number of rotatable bonds is 5. The molecule has 0 aromatic heterocycles. The van der Waals surface area contributed by atoms with Crippen molar-refractivity contribution >= 4 is 29.9 Å². The topological polar surface area (TPSA) is 49.3 Å². The molecule has 0 spiro atoms. The lowest BCUT2D eigenvalue weighted by Gasteiger charge is -2.37. The molecule has 0 radical (unpaired) electrons. The van der Waals surface area contributed by atoms with Crippen LogP contribution in [0.4, 0.5) is 0 Å². The molecule has 0 bridgehead atoms. The first-order chi connectivity index (χ1) is 14.2. The number of fused-ring (bicyclic) bond motifs is 1. The number of hydrogen-bond donors (Lipinski definition) is 1. The van der Waals surface area contributed by atoms with Gasteiger partial charge in [0.05, 0.1) is 19.3 Å². The summed E-state index contributed by atoms with van der Waals surface area (Å²) in [6.07, 6.45) is 3.80. The maximum atomic E-state index is 6.02. The predicted octanol–water partition coefficient (Wildman–Crippen LogP) is 2.90. The maximum absolute atomic E-state index is 6.02. The molecule has 4 rings (SSSR count). The Morgan fingerprint density at radius 2 is 1.97 bits per heavy atom. The zero-order valence-electron chi connectivity index (χ0n) is 18.4. The van der Waals surface area contributed by atoms with Crippen LogP contribution in [-0.4, -0.2) is 79.9 Å². The van der Waals surface area contributed by atoms with E-state index < -0.39 is 0 Å². The zero-order valence-corrected chi connectivity index (χ0v) is 20.7. The average Bonchev–Trinajstić information content (AvgIpc) is 3.31. The van der Waals surface area contributed by atoms with Gasteiger partial charge >= 0.3 is 0 Å². The summed E-state index contributed by atoms with van der Waals surface area (Å²) in [6, 6.07) is 9.25. The van der Waals surface area contributed by atoms with Crippen molar-refractivity contribution < 1.29 is 9.47 Å². The lowest BCUT2D eigenvalue weighted by atomic mass is 9.99. The molecular weight excluding hydrogens is 491 g/mol. The summed E-state index contributed by atoms with van der Waals surface area (Å²) in [5.74, 6) is 1.02. The summed E-state index contributed by atoms with van der Waals surface area (Å²) in [5, 5.41) is 3.50. The van der Waals surface area contributed by atoms with Gasteiger partial charge in [0, 0.05) is 45.4 Å². The lowest BCUT2D eigenvalue weighted by Crippen LogP contribution is -2.53. The van der Waals surface area contributed by atoms with Gasteiger partial charge in [0.1, 0.15) is 6.10 Å². The first-order valence-corrected chi connectivity index (χ1v) is 11.3. The van der Waals surface area contributed by atoms with Crippen molar-refractivity contribution in [3.8, 4) is 0 Å². The lowest BCUT2D eigenvalue weighted by molar-refractivity contribution is -0.0817. The summed E-state index contributed by atoms with van der Waals surface area (Å²) in [4.78, 5) is 9.94. The van der Waals surface area contributed by atoms with E-state index in [1.807, 2.05) is 0 Å². The fourth-order valence-corrected chi connectivity index (χ4v) is 4.64. The van der Waals surface area contributed by atoms with E-state index in [-0.39, 0.29) is 36.2 Å². The number of hydrogen-bond acceptors (Lipinski definition) is 4. The minimum atomic E-state index is 0. The van der Waals surface area contributed by atoms with Crippen LogP contribution in [0.15, 0.2) is 29.3 Å². The molecule has 3 aliphatic rings. The fraction of sp³-hybridized carbons (Fsp3) is 0.696. The van der Waals surface area contributed by atoms with Gasteiger partial charge < -0.3 is 19.7 Å². The quantitative estimate of drug-likeness (QED) is 0.362. The second-order valence-corrected chi connectivity index (χ2v) is 8.44. The Morgan fingerprint density at radius 1 is 1.17 bits per heavy atom. The maximum Gasteiger partial charge on any atom is 0.194 e. The highest BCUT2D eigenvalue weighted by Crippen LogP contribution is 2.22. The predicted molar refractivity (Wildman–Crippen MR) is 132 cm³/mol. The summed E-state index contributed by atoms with van der Waals surface area (Å²) >= 11 is 0. The van der Waals surface area contributed by atoms with Crippen LogP contribution in [0.25, 0.3) is 0 Å². The third-order valence-electron chi connectivity index (χ3n) is 6.40. The number of aliphatic imine (C=N–C) groups is 1. The number of benzene rings is 1. The molecule has 2 saturated heterocycles. The molecular formula is C23H37IN4O2. The third-order valence-corrected chi connectivity index (χ3v) is 6.40. The molecule has 0 saturated carbocycles. The van der Waals surface area contributed by atoms with E-state index in [1.165, 1.54) is 11.1 Å². The Labute approximate surface area is 198 Å².